The maximum Gasteiger partial charge on any atom is 0.239 e. The molecule has 10 heteroatoms. The molecule has 0 aromatic carbocycles. The van der Waals surface area contributed by atoms with Gasteiger partial charge >= 0.3 is 0 Å². The number of sulfonamides is 1. The fraction of sp³-hybridized carbons (Fsp3) is 0.900. The summed E-state index contributed by atoms with van der Waals surface area (Å²) in [6, 6.07) is -0.866. The minimum Gasteiger partial charge on any atom is -0.339 e. The summed E-state index contributed by atoms with van der Waals surface area (Å²) >= 11 is 0. The molecule has 118 valence electrons. The van der Waals surface area contributed by atoms with Gasteiger partial charge in [0.2, 0.25) is 15.9 Å². The molecule has 1 atom stereocenters. The van der Waals surface area contributed by atoms with E-state index < -0.39 is 25.9 Å². The Balaban J connectivity index is 2.50. The summed E-state index contributed by atoms with van der Waals surface area (Å²) in [4.78, 5) is 13.5. The molecule has 1 unspecified atom stereocenters. The molecule has 20 heavy (non-hydrogen) atoms. The van der Waals surface area contributed by atoms with Crippen LogP contribution in [-0.2, 0) is 24.7 Å². The van der Waals surface area contributed by atoms with Gasteiger partial charge in [0.15, 0.2) is 0 Å². The van der Waals surface area contributed by atoms with Crippen LogP contribution >= 0.6 is 0 Å². The predicted molar refractivity (Wildman–Crippen MR) is 75.3 cm³/mol. The lowest BCUT2D eigenvalue weighted by Gasteiger charge is -2.34. The second-order valence-corrected chi connectivity index (χ2v) is 9.25. The zero-order chi connectivity index (χ0) is 15.6. The molecule has 0 aromatic rings. The van der Waals surface area contributed by atoms with Crippen LogP contribution in [0.5, 0.6) is 0 Å². The second kappa shape index (κ2) is 6.37. The summed E-state index contributed by atoms with van der Waals surface area (Å²) in [7, 11) is -6.39. The Morgan fingerprint density at radius 3 is 2.00 bits per heavy atom. The van der Waals surface area contributed by atoms with Crippen molar-refractivity contribution in [3.63, 3.8) is 0 Å². The Hall–Kier alpha value is -0.710. The highest BCUT2D eigenvalue weighted by molar-refractivity contribution is 7.90. The Morgan fingerprint density at radius 2 is 1.60 bits per heavy atom. The molecule has 0 spiro atoms. The predicted octanol–water partition coefficient (Wildman–Crippen LogP) is -2.15. The molecule has 1 amide bonds. The quantitative estimate of drug-likeness (QED) is 0.615. The van der Waals surface area contributed by atoms with Gasteiger partial charge in [0.25, 0.3) is 0 Å². The minimum absolute atomic E-state index is 0.0734. The third-order valence-electron chi connectivity index (χ3n) is 3.14. The lowest BCUT2D eigenvalue weighted by atomic mass is 10.2. The average molecular weight is 327 g/mol. The van der Waals surface area contributed by atoms with Crippen molar-refractivity contribution >= 4 is 25.8 Å². The van der Waals surface area contributed by atoms with Gasteiger partial charge in [0.05, 0.1) is 18.1 Å². The number of hydrogen-bond donors (Lipinski definition) is 1. The van der Waals surface area contributed by atoms with E-state index in [1.807, 2.05) is 0 Å². The van der Waals surface area contributed by atoms with E-state index in [0.717, 1.165) is 12.5 Å². The van der Waals surface area contributed by atoms with Crippen molar-refractivity contribution in [3.05, 3.63) is 0 Å². The van der Waals surface area contributed by atoms with Gasteiger partial charge in [-0.2, -0.15) is 4.31 Å². The monoisotopic (exact) mass is 327 g/mol. The third kappa shape index (κ3) is 5.35. The van der Waals surface area contributed by atoms with Crippen LogP contribution in [0.25, 0.3) is 0 Å². The van der Waals surface area contributed by atoms with Crippen LogP contribution in [0.3, 0.4) is 0 Å². The number of sulfone groups is 1. The van der Waals surface area contributed by atoms with E-state index in [4.69, 9.17) is 5.73 Å². The van der Waals surface area contributed by atoms with Crippen molar-refractivity contribution in [2.75, 3.05) is 44.4 Å². The number of nitrogens with zero attached hydrogens (tertiary/aromatic N) is 2. The molecular weight excluding hydrogens is 306 g/mol. The van der Waals surface area contributed by atoms with Crippen LogP contribution in [0.4, 0.5) is 0 Å². The topological polar surface area (TPSA) is 118 Å². The SMILES string of the molecule is CS(=O)(=O)CCC(N)C(=O)N1CCN(S(C)(=O)=O)CC1. The van der Waals surface area contributed by atoms with Gasteiger partial charge in [0.1, 0.15) is 9.84 Å². The van der Waals surface area contributed by atoms with Crippen molar-refractivity contribution in [2.24, 2.45) is 5.73 Å². The first-order valence-electron chi connectivity index (χ1n) is 6.18. The number of carbonyl (C=O) groups is 1. The first kappa shape index (κ1) is 17.3. The van der Waals surface area contributed by atoms with Crippen LogP contribution < -0.4 is 5.73 Å². The highest BCUT2D eigenvalue weighted by atomic mass is 32.2. The Labute approximate surface area is 119 Å². The maximum atomic E-state index is 12.0. The van der Waals surface area contributed by atoms with Gasteiger partial charge in [0, 0.05) is 32.4 Å². The van der Waals surface area contributed by atoms with Crippen LogP contribution in [0, 0.1) is 0 Å². The van der Waals surface area contributed by atoms with Gasteiger partial charge in [-0.15, -0.1) is 0 Å². The van der Waals surface area contributed by atoms with E-state index in [1.165, 1.54) is 9.21 Å². The highest BCUT2D eigenvalue weighted by Gasteiger charge is 2.28. The van der Waals surface area contributed by atoms with E-state index >= 15 is 0 Å². The van der Waals surface area contributed by atoms with E-state index in [0.29, 0.717) is 0 Å². The Morgan fingerprint density at radius 1 is 1.10 bits per heavy atom. The average Bonchev–Trinajstić information content (AvgIpc) is 2.33. The summed E-state index contributed by atoms with van der Waals surface area (Å²) in [6.07, 6.45) is 2.29. The Bertz CT molecular complexity index is 549. The van der Waals surface area contributed by atoms with Crippen molar-refractivity contribution in [1.29, 1.82) is 0 Å². The van der Waals surface area contributed by atoms with Crippen molar-refractivity contribution < 1.29 is 21.6 Å². The number of amides is 1. The summed E-state index contributed by atoms with van der Waals surface area (Å²) in [5.74, 6) is -0.467. The van der Waals surface area contributed by atoms with Gasteiger partial charge in [-0.05, 0) is 6.42 Å². The molecule has 1 aliphatic heterocycles. The molecule has 1 heterocycles. The fourth-order valence-electron chi connectivity index (χ4n) is 1.94. The molecule has 1 aliphatic rings. The molecule has 0 aromatic heterocycles. The maximum absolute atomic E-state index is 12.0. The van der Waals surface area contributed by atoms with Gasteiger partial charge < -0.3 is 10.6 Å². The number of nitrogens with two attached hydrogens (primary N) is 1. The first-order chi connectivity index (χ1) is 9.00. The molecule has 0 radical (unpaired) electrons. The van der Waals surface area contributed by atoms with Crippen molar-refractivity contribution in [3.8, 4) is 0 Å². The van der Waals surface area contributed by atoms with Crippen molar-refractivity contribution in [2.45, 2.75) is 12.5 Å². The summed E-state index contributed by atoms with van der Waals surface area (Å²) in [5, 5.41) is 0. The number of piperazine rings is 1. The molecule has 0 bridgehead atoms. The standard InChI is InChI=1S/C10H21N3O5S2/c1-19(15,16)8-3-9(11)10(14)12-4-6-13(7-5-12)20(2,17)18/h9H,3-8,11H2,1-2H3. The molecule has 0 saturated carbocycles. The fourth-order valence-corrected chi connectivity index (χ4v) is 3.45. The van der Waals surface area contributed by atoms with Gasteiger partial charge in [-0.25, -0.2) is 16.8 Å². The summed E-state index contributed by atoms with van der Waals surface area (Å²) < 4.78 is 46.1. The molecule has 2 N–H and O–H groups in total. The molecule has 1 saturated heterocycles. The van der Waals surface area contributed by atoms with E-state index in [2.05, 4.69) is 0 Å². The smallest absolute Gasteiger partial charge is 0.239 e. The van der Waals surface area contributed by atoms with Crippen LogP contribution in [-0.4, -0.2) is 82.4 Å². The lowest BCUT2D eigenvalue weighted by molar-refractivity contribution is -0.133. The molecule has 1 rings (SSSR count). The second-order valence-electron chi connectivity index (χ2n) is 5.01. The van der Waals surface area contributed by atoms with Crippen LogP contribution in [0.15, 0.2) is 0 Å². The number of carbonyl (C=O) groups excluding carboxylic acids is 1. The highest BCUT2D eigenvalue weighted by Crippen LogP contribution is 2.08. The zero-order valence-electron chi connectivity index (χ0n) is 11.6. The molecular formula is C10H21N3O5S2. The summed E-state index contributed by atoms with van der Waals surface area (Å²) in [5.41, 5.74) is 5.69. The van der Waals surface area contributed by atoms with Gasteiger partial charge in [-0.3, -0.25) is 4.79 Å². The van der Waals surface area contributed by atoms with E-state index in [9.17, 15) is 21.6 Å². The number of hydrogen-bond acceptors (Lipinski definition) is 6. The lowest BCUT2D eigenvalue weighted by Crippen LogP contribution is -2.54. The zero-order valence-corrected chi connectivity index (χ0v) is 13.3. The number of rotatable bonds is 5. The molecule has 1 fully saturated rings. The van der Waals surface area contributed by atoms with Crippen LogP contribution in [0.1, 0.15) is 6.42 Å². The van der Waals surface area contributed by atoms with Gasteiger partial charge in [-0.1, -0.05) is 0 Å². The van der Waals surface area contributed by atoms with E-state index in [1.54, 1.807) is 0 Å². The van der Waals surface area contributed by atoms with E-state index in [-0.39, 0.29) is 44.3 Å². The summed E-state index contributed by atoms with van der Waals surface area (Å²) in [6.45, 7) is 1.03. The minimum atomic E-state index is -3.24. The molecule has 0 aliphatic carbocycles. The molecule has 8 nitrogen and oxygen atoms in total. The Kier molecular flexibility index (Phi) is 5.53. The normalized spacial score (nSPS) is 19.9. The van der Waals surface area contributed by atoms with Crippen LogP contribution in [0.2, 0.25) is 0 Å². The van der Waals surface area contributed by atoms with Crippen molar-refractivity contribution in [1.82, 2.24) is 9.21 Å². The first-order valence-corrected chi connectivity index (χ1v) is 10.1. The third-order valence-corrected chi connectivity index (χ3v) is 5.42. The largest absolute Gasteiger partial charge is 0.339 e.